The quantitative estimate of drug-likeness (QED) is 0.146. The van der Waals surface area contributed by atoms with Gasteiger partial charge in [0.1, 0.15) is 28.7 Å². The molecular weight excluding hydrogens is 508 g/mol. The highest BCUT2D eigenvalue weighted by atomic mass is 32.2. The molecule has 0 saturated carbocycles. The van der Waals surface area contributed by atoms with Crippen molar-refractivity contribution in [2.75, 3.05) is 28.4 Å². The minimum Gasteiger partial charge on any atom is -0.497 e. The molecule has 0 spiro atoms. The maximum Gasteiger partial charge on any atom is 0.165 e. The molecule has 7 heteroatoms. The second kappa shape index (κ2) is 14.2. The Morgan fingerprint density at radius 1 is 0.615 bits per heavy atom. The third-order valence-electron chi connectivity index (χ3n) is 6.15. The van der Waals surface area contributed by atoms with Crippen LogP contribution in [0, 0.1) is 0 Å². The lowest BCUT2D eigenvalue weighted by atomic mass is 10.1. The highest BCUT2D eigenvalue weighted by Gasteiger charge is 2.17. The Labute approximate surface area is 235 Å². The number of ether oxygens (including phenoxy) is 4. The van der Waals surface area contributed by atoms with Crippen LogP contribution in [0.15, 0.2) is 102 Å². The van der Waals surface area contributed by atoms with Crippen molar-refractivity contribution >= 4 is 22.6 Å². The van der Waals surface area contributed by atoms with E-state index in [1.165, 1.54) is 5.56 Å². The molecule has 0 heterocycles. The standard InChI is InChI=1S/C32H34N2O4S/c1-35-27-14-10-24(11-15-27)21-34(22-25-12-16-28(36-2)17-13-25)32(39-23-26-8-6-5-7-9-26)33-30-20-29(37-3)18-19-31(30)38-4/h5-20H,21-23H2,1-4H3. The van der Waals surface area contributed by atoms with Crippen LogP contribution in [0.2, 0.25) is 0 Å². The average Bonchev–Trinajstić information content (AvgIpc) is 3.00. The van der Waals surface area contributed by atoms with E-state index < -0.39 is 0 Å². The lowest BCUT2D eigenvalue weighted by Crippen LogP contribution is -2.28. The third kappa shape index (κ3) is 7.94. The smallest absolute Gasteiger partial charge is 0.165 e. The number of thioether (sulfide) groups is 1. The molecule has 0 unspecified atom stereocenters. The van der Waals surface area contributed by atoms with Crippen LogP contribution >= 0.6 is 11.8 Å². The van der Waals surface area contributed by atoms with Gasteiger partial charge in [0.05, 0.1) is 28.4 Å². The van der Waals surface area contributed by atoms with Gasteiger partial charge in [-0.05, 0) is 53.1 Å². The SMILES string of the molecule is COc1ccc(CN(Cc2ccc(OC)cc2)C(=Nc2cc(OC)ccc2OC)SCc2ccccc2)cc1. The van der Waals surface area contributed by atoms with E-state index in [4.69, 9.17) is 23.9 Å². The van der Waals surface area contributed by atoms with Crippen molar-refractivity contribution in [1.82, 2.24) is 4.90 Å². The van der Waals surface area contributed by atoms with Crippen molar-refractivity contribution in [2.45, 2.75) is 18.8 Å². The van der Waals surface area contributed by atoms with Gasteiger partial charge in [-0.1, -0.05) is 66.4 Å². The Kier molecular flexibility index (Phi) is 10.1. The van der Waals surface area contributed by atoms with Crippen molar-refractivity contribution in [3.05, 3.63) is 114 Å². The van der Waals surface area contributed by atoms with Gasteiger partial charge in [-0.15, -0.1) is 0 Å². The largest absolute Gasteiger partial charge is 0.497 e. The topological polar surface area (TPSA) is 52.5 Å². The fraction of sp³-hybridized carbons (Fsp3) is 0.219. The monoisotopic (exact) mass is 542 g/mol. The maximum absolute atomic E-state index is 5.66. The summed E-state index contributed by atoms with van der Waals surface area (Å²) in [5.41, 5.74) is 4.23. The van der Waals surface area contributed by atoms with E-state index in [-0.39, 0.29) is 0 Å². The number of nitrogens with zero attached hydrogens (tertiary/aromatic N) is 2. The number of amidine groups is 1. The van der Waals surface area contributed by atoms with E-state index in [2.05, 4.69) is 53.4 Å². The van der Waals surface area contributed by atoms with E-state index in [0.717, 1.165) is 39.3 Å². The number of hydrogen-bond donors (Lipinski definition) is 0. The second-order valence-electron chi connectivity index (χ2n) is 8.76. The first-order valence-corrected chi connectivity index (χ1v) is 13.6. The van der Waals surface area contributed by atoms with Crippen LogP contribution in [-0.4, -0.2) is 38.5 Å². The third-order valence-corrected chi connectivity index (χ3v) is 7.23. The lowest BCUT2D eigenvalue weighted by molar-refractivity contribution is 0.401. The maximum atomic E-state index is 5.66. The fourth-order valence-electron chi connectivity index (χ4n) is 4.00. The lowest BCUT2D eigenvalue weighted by Gasteiger charge is -2.27. The summed E-state index contributed by atoms with van der Waals surface area (Å²) in [6, 6.07) is 32.4. The van der Waals surface area contributed by atoms with Crippen molar-refractivity contribution in [3.63, 3.8) is 0 Å². The van der Waals surface area contributed by atoms with Gasteiger partial charge >= 0.3 is 0 Å². The molecule has 0 aliphatic rings. The summed E-state index contributed by atoms with van der Waals surface area (Å²) in [6.45, 7) is 1.31. The van der Waals surface area contributed by atoms with Gasteiger partial charge in [-0.2, -0.15) is 0 Å². The van der Waals surface area contributed by atoms with Gasteiger partial charge in [-0.25, -0.2) is 4.99 Å². The van der Waals surface area contributed by atoms with Gasteiger partial charge < -0.3 is 23.8 Å². The minimum absolute atomic E-state index is 0.656. The van der Waals surface area contributed by atoms with Crippen LogP contribution in [0.4, 0.5) is 5.69 Å². The van der Waals surface area contributed by atoms with E-state index in [9.17, 15) is 0 Å². The fourth-order valence-corrected chi connectivity index (χ4v) is 4.96. The predicted octanol–water partition coefficient (Wildman–Crippen LogP) is 7.34. The summed E-state index contributed by atoms with van der Waals surface area (Å²) >= 11 is 1.69. The molecule has 4 rings (SSSR count). The van der Waals surface area contributed by atoms with Gasteiger partial charge in [-0.3, -0.25) is 0 Å². The molecular formula is C32H34N2O4S. The summed E-state index contributed by atoms with van der Waals surface area (Å²) in [5, 5.41) is 0.872. The van der Waals surface area contributed by atoms with Crippen LogP contribution in [-0.2, 0) is 18.8 Å². The van der Waals surface area contributed by atoms with Crippen LogP contribution in [0.3, 0.4) is 0 Å². The summed E-state index contributed by atoms with van der Waals surface area (Å²) in [4.78, 5) is 7.45. The molecule has 0 radical (unpaired) electrons. The van der Waals surface area contributed by atoms with Crippen LogP contribution in [0.5, 0.6) is 23.0 Å². The summed E-state index contributed by atoms with van der Waals surface area (Å²) in [6.07, 6.45) is 0. The predicted molar refractivity (Wildman–Crippen MR) is 160 cm³/mol. The molecule has 0 atom stereocenters. The summed E-state index contributed by atoms with van der Waals surface area (Å²) in [7, 11) is 6.67. The van der Waals surface area contributed by atoms with Crippen molar-refractivity contribution in [1.29, 1.82) is 0 Å². The van der Waals surface area contributed by atoms with E-state index in [1.807, 2.05) is 48.5 Å². The number of benzene rings is 4. The van der Waals surface area contributed by atoms with E-state index >= 15 is 0 Å². The summed E-state index contributed by atoms with van der Waals surface area (Å²) < 4.78 is 21.9. The Morgan fingerprint density at radius 3 is 1.67 bits per heavy atom. The first kappa shape index (κ1) is 27.9. The van der Waals surface area contributed by atoms with Gasteiger partial charge in [0.15, 0.2) is 5.17 Å². The zero-order valence-corrected chi connectivity index (χ0v) is 23.6. The molecule has 0 bridgehead atoms. The zero-order valence-electron chi connectivity index (χ0n) is 22.8. The molecule has 4 aromatic rings. The first-order valence-electron chi connectivity index (χ1n) is 12.6. The number of aliphatic imine (C=N–C) groups is 1. The molecule has 0 aromatic heterocycles. The Morgan fingerprint density at radius 2 is 1.15 bits per heavy atom. The van der Waals surface area contributed by atoms with Crippen molar-refractivity contribution in [2.24, 2.45) is 4.99 Å². The van der Waals surface area contributed by atoms with Crippen molar-refractivity contribution < 1.29 is 18.9 Å². The van der Waals surface area contributed by atoms with Crippen molar-refractivity contribution in [3.8, 4) is 23.0 Å². The Hall–Kier alpha value is -4.10. The molecule has 202 valence electrons. The normalized spacial score (nSPS) is 11.1. The Bertz CT molecular complexity index is 1290. The number of methoxy groups -OCH3 is 4. The molecule has 39 heavy (non-hydrogen) atoms. The highest BCUT2D eigenvalue weighted by molar-refractivity contribution is 8.13. The van der Waals surface area contributed by atoms with E-state index in [0.29, 0.717) is 24.5 Å². The molecule has 0 fully saturated rings. The zero-order chi connectivity index (χ0) is 27.5. The molecule has 0 aliphatic carbocycles. The number of rotatable bonds is 11. The van der Waals surface area contributed by atoms with Crippen LogP contribution in [0.1, 0.15) is 16.7 Å². The van der Waals surface area contributed by atoms with Crippen LogP contribution < -0.4 is 18.9 Å². The highest BCUT2D eigenvalue weighted by Crippen LogP contribution is 2.34. The summed E-state index contributed by atoms with van der Waals surface area (Å²) in [5.74, 6) is 3.83. The number of hydrogen-bond acceptors (Lipinski definition) is 6. The van der Waals surface area contributed by atoms with Crippen LogP contribution in [0.25, 0.3) is 0 Å². The van der Waals surface area contributed by atoms with Gasteiger partial charge in [0, 0.05) is 24.9 Å². The first-order chi connectivity index (χ1) is 19.1. The second-order valence-corrected chi connectivity index (χ2v) is 9.70. The molecule has 0 amide bonds. The molecule has 0 N–H and O–H groups in total. The molecule has 0 saturated heterocycles. The minimum atomic E-state index is 0.656. The van der Waals surface area contributed by atoms with E-state index in [1.54, 1.807) is 40.2 Å². The molecule has 6 nitrogen and oxygen atoms in total. The molecule has 0 aliphatic heterocycles. The van der Waals surface area contributed by atoms with Gasteiger partial charge in [0.2, 0.25) is 0 Å². The Balaban J connectivity index is 1.75. The van der Waals surface area contributed by atoms with Gasteiger partial charge in [0.25, 0.3) is 0 Å². The average molecular weight is 543 g/mol. The molecule has 4 aromatic carbocycles.